The van der Waals surface area contributed by atoms with Gasteiger partial charge in [0.05, 0.1) is 12.5 Å². The zero-order valence-electron chi connectivity index (χ0n) is 15.8. The van der Waals surface area contributed by atoms with E-state index in [2.05, 4.69) is 11.0 Å². The number of amides is 1. The van der Waals surface area contributed by atoms with Gasteiger partial charge in [-0.2, -0.15) is 0 Å². The number of likely N-dealkylation sites (tertiary alicyclic amines) is 2. The average molecular weight is 358 g/mol. The fourth-order valence-corrected chi connectivity index (χ4v) is 4.82. The van der Waals surface area contributed by atoms with Crippen LogP contribution in [0.15, 0.2) is 24.3 Å². The average Bonchev–Trinajstić information content (AvgIpc) is 3.22. The van der Waals surface area contributed by atoms with Gasteiger partial charge in [0.2, 0.25) is 5.91 Å². The number of benzene rings is 1. The van der Waals surface area contributed by atoms with Gasteiger partial charge in [0.15, 0.2) is 0 Å². The molecule has 0 bridgehead atoms. The van der Waals surface area contributed by atoms with Gasteiger partial charge in [-0.15, -0.1) is 0 Å². The normalized spacial score (nSPS) is 27.6. The summed E-state index contributed by atoms with van der Waals surface area (Å²) in [6.07, 6.45) is 4.35. The van der Waals surface area contributed by atoms with E-state index >= 15 is 0 Å². The van der Waals surface area contributed by atoms with Gasteiger partial charge in [0.25, 0.3) is 0 Å². The summed E-state index contributed by atoms with van der Waals surface area (Å²) in [6.45, 7) is 6.51. The number of carbonyl (C=O) groups is 1. The number of methoxy groups -OCH3 is 1. The van der Waals surface area contributed by atoms with Crippen LogP contribution in [0.4, 0.5) is 0 Å². The molecular formula is C21H30N2O3. The molecule has 5 heteroatoms. The minimum Gasteiger partial charge on any atom is -0.497 e. The fraction of sp³-hybridized carbons (Fsp3) is 0.667. The van der Waals surface area contributed by atoms with Gasteiger partial charge in [0, 0.05) is 39.4 Å². The van der Waals surface area contributed by atoms with Gasteiger partial charge in [-0.3, -0.25) is 4.79 Å². The molecule has 3 aliphatic heterocycles. The first-order valence-corrected chi connectivity index (χ1v) is 9.91. The lowest BCUT2D eigenvalue weighted by Gasteiger charge is -2.28. The van der Waals surface area contributed by atoms with Crippen LogP contribution in [0.1, 0.15) is 31.2 Å². The van der Waals surface area contributed by atoms with E-state index in [4.69, 9.17) is 9.47 Å². The Labute approximate surface area is 156 Å². The highest BCUT2D eigenvalue weighted by atomic mass is 16.5. The van der Waals surface area contributed by atoms with Crippen molar-refractivity contribution in [2.24, 2.45) is 11.3 Å². The molecule has 3 fully saturated rings. The smallest absolute Gasteiger partial charge is 0.230 e. The van der Waals surface area contributed by atoms with Crippen LogP contribution in [0.25, 0.3) is 0 Å². The molecule has 3 saturated heterocycles. The lowest BCUT2D eigenvalue weighted by Crippen LogP contribution is -2.38. The summed E-state index contributed by atoms with van der Waals surface area (Å²) in [5, 5.41) is 0. The van der Waals surface area contributed by atoms with Crippen LogP contribution < -0.4 is 4.74 Å². The number of hydrogen-bond acceptors (Lipinski definition) is 4. The van der Waals surface area contributed by atoms with E-state index < -0.39 is 0 Å². The van der Waals surface area contributed by atoms with Gasteiger partial charge in [-0.05, 0) is 55.8 Å². The van der Waals surface area contributed by atoms with E-state index in [0.717, 1.165) is 69.5 Å². The minimum absolute atomic E-state index is 0.135. The van der Waals surface area contributed by atoms with Gasteiger partial charge in [-0.1, -0.05) is 12.1 Å². The molecule has 0 aliphatic carbocycles. The number of ether oxygens (including phenoxy) is 2. The number of nitrogens with zero attached hydrogens (tertiary/aromatic N) is 2. The SMILES string of the molecule is COc1cccc(CN2CCC3(CCN(CC4CCOCC4)C3)C2=O)c1. The van der Waals surface area contributed by atoms with Crippen molar-refractivity contribution in [3.8, 4) is 5.75 Å². The Morgan fingerprint density at radius 3 is 2.85 bits per heavy atom. The Bertz CT molecular complexity index is 644. The van der Waals surface area contributed by atoms with Crippen LogP contribution in [0.2, 0.25) is 0 Å². The van der Waals surface area contributed by atoms with E-state index in [1.54, 1.807) is 7.11 Å². The molecule has 1 aromatic rings. The molecule has 1 spiro atoms. The molecule has 0 radical (unpaired) electrons. The maximum atomic E-state index is 13.2. The minimum atomic E-state index is -0.135. The first-order valence-electron chi connectivity index (χ1n) is 9.91. The molecule has 1 unspecified atom stereocenters. The predicted molar refractivity (Wildman–Crippen MR) is 100 cm³/mol. The quantitative estimate of drug-likeness (QED) is 0.811. The van der Waals surface area contributed by atoms with Crippen molar-refractivity contribution >= 4 is 5.91 Å². The van der Waals surface area contributed by atoms with Gasteiger partial charge >= 0.3 is 0 Å². The molecule has 4 rings (SSSR count). The number of rotatable bonds is 5. The van der Waals surface area contributed by atoms with E-state index in [1.807, 2.05) is 23.1 Å². The third kappa shape index (κ3) is 3.60. The highest BCUT2D eigenvalue weighted by Gasteiger charge is 2.50. The van der Waals surface area contributed by atoms with E-state index in [-0.39, 0.29) is 5.41 Å². The molecule has 1 aromatic carbocycles. The molecule has 0 N–H and O–H groups in total. The third-order valence-corrected chi connectivity index (χ3v) is 6.40. The summed E-state index contributed by atoms with van der Waals surface area (Å²) < 4.78 is 10.8. The zero-order valence-corrected chi connectivity index (χ0v) is 15.8. The lowest BCUT2D eigenvalue weighted by molar-refractivity contribution is -0.136. The summed E-state index contributed by atoms with van der Waals surface area (Å²) in [5.41, 5.74) is 1.01. The molecule has 1 atom stereocenters. The summed E-state index contributed by atoms with van der Waals surface area (Å²) in [6, 6.07) is 8.05. The molecule has 5 nitrogen and oxygen atoms in total. The van der Waals surface area contributed by atoms with Crippen molar-refractivity contribution in [2.75, 3.05) is 46.5 Å². The molecule has 3 heterocycles. The first-order chi connectivity index (χ1) is 12.7. The molecule has 0 aromatic heterocycles. The van der Waals surface area contributed by atoms with Crippen LogP contribution in [-0.2, 0) is 16.1 Å². The lowest BCUT2D eigenvalue weighted by atomic mass is 9.85. The van der Waals surface area contributed by atoms with Crippen LogP contribution >= 0.6 is 0 Å². The van der Waals surface area contributed by atoms with Crippen molar-refractivity contribution in [1.29, 1.82) is 0 Å². The van der Waals surface area contributed by atoms with E-state index in [9.17, 15) is 4.79 Å². The Morgan fingerprint density at radius 1 is 1.23 bits per heavy atom. The van der Waals surface area contributed by atoms with Crippen molar-refractivity contribution in [2.45, 2.75) is 32.2 Å². The Balaban J connectivity index is 1.36. The summed E-state index contributed by atoms with van der Waals surface area (Å²) in [5.74, 6) is 1.95. The molecular weight excluding hydrogens is 328 g/mol. The zero-order chi connectivity index (χ0) is 18.0. The molecule has 0 saturated carbocycles. The van der Waals surface area contributed by atoms with E-state index in [1.165, 1.54) is 12.8 Å². The van der Waals surface area contributed by atoms with Crippen molar-refractivity contribution in [3.63, 3.8) is 0 Å². The molecule has 142 valence electrons. The second-order valence-electron chi connectivity index (χ2n) is 8.15. The summed E-state index contributed by atoms with van der Waals surface area (Å²) in [7, 11) is 1.68. The van der Waals surface area contributed by atoms with Crippen LogP contribution in [0.3, 0.4) is 0 Å². The van der Waals surface area contributed by atoms with Gasteiger partial charge < -0.3 is 19.3 Å². The van der Waals surface area contributed by atoms with Crippen LogP contribution in [0, 0.1) is 11.3 Å². The Hall–Kier alpha value is -1.59. The first kappa shape index (κ1) is 17.8. The summed E-state index contributed by atoms with van der Waals surface area (Å²) >= 11 is 0. The maximum Gasteiger partial charge on any atom is 0.230 e. The summed E-state index contributed by atoms with van der Waals surface area (Å²) in [4.78, 5) is 17.8. The van der Waals surface area contributed by atoms with Gasteiger partial charge in [0.1, 0.15) is 5.75 Å². The predicted octanol–water partition coefficient (Wildman–Crippen LogP) is 2.55. The second kappa shape index (κ2) is 7.57. The Morgan fingerprint density at radius 2 is 2.04 bits per heavy atom. The highest BCUT2D eigenvalue weighted by Crippen LogP contribution is 2.41. The van der Waals surface area contributed by atoms with Crippen molar-refractivity contribution < 1.29 is 14.3 Å². The fourth-order valence-electron chi connectivity index (χ4n) is 4.82. The molecule has 26 heavy (non-hydrogen) atoms. The largest absolute Gasteiger partial charge is 0.497 e. The molecule has 3 aliphatic rings. The standard InChI is InChI=1S/C21H30N2O3/c1-25-19-4-2-3-18(13-19)15-23-10-8-21(20(23)24)7-9-22(16-21)14-17-5-11-26-12-6-17/h2-4,13,17H,5-12,14-16H2,1H3. The van der Waals surface area contributed by atoms with Crippen molar-refractivity contribution in [3.05, 3.63) is 29.8 Å². The highest BCUT2D eigenvalue weighted by molar-refractivity contribution is 5.85. The van der Waals surface area contributed by atoms with Crippen molar-refractivity contribution in [1.82, 2.24) is 9.80 Å². The maximum absolute atomic E-state index is 13.2. The Kier molecular flexibility index (Phi) is 5.18. The van der Waals surface area contributed by atoms with Crippen LogP contribution in [0.5, 0.6) is 5.75 Å². The second-order valence-corrected chi connectivity index (χ2v) is 8.15. The monoisotopic (exact) mass is 358 g/mol. The molecule has 1 amide bonds. The number of carbonyl (C=O) groups excluding carboxylic acids is 1. The van der Waals surface area contributed by atoms with E-state index in [0.29, 0.717) is 12.5 Å². The van der Waals surface area contributed by atoms with Gasteiger partial charge in [-0.25, -0.2) is 0 Å². The number of hydrogen-bond donors (Lipinski definition) is 0. The third-order valence-electron chi connectivity index (χ3n) is 6.40. The van der Waals surface area contributed by atoms with Crippen LogP contribution in [-0.4, -0.2) is 62.2 Å². The topological polar surface area (TPSA) is 42.0 Å².